The number of nitrogens with zero attached hydrogens (tertiary/aromatic N) is 1. The lowest BCUT2D eigenvalue weighted by Gasteiger charge is -2.08. The smallest absolute Gasteiger partial charge is 0.303 e. The van der Waals surface area contributed by atoms with Crippen molar-refractivity contribution in [2.75, 3.05) is 0 Å². The van der Waals surface area contributed by atoms with E-state index in [0.717, 1.165) is 37.7 Å². The van der Waals surface area contributed by atoms with Crippen molar-refractivity contribution >= 4 is 39.2 Å². The van der Waals surface area contributed by atoms with Crippen LogP contribution in [-0.4, -0.2) is 16.1 Å². The molecule has 0 saturated heterocycles. The topological polar surface area (TPSA) is 59.4 Å². The minimum absolute atomic E-state index is 0.0615. The molecule has 30 heavy (non-hydrogen) atoms. The molecule has 3 aromatic carbocycles. The second kappa shape index (κ2) is 9.37. The summed E-state index contributed by atoms with van der Waals surface area (Å²) in [5, 5.41) is 10.0. The van der Waals surface area contributed by atoms with E-state index in [1.807, 2.05) is 84.9 Å². The molecular formula is C25H21NO3S. The van der Waals surface area contributed by atoms with Crippen molar-refractivity contribution in [3.8, 4) is 5.75 Å². The van der Waals surface area contributed by atoms with Crippen LogP contribution >= 0.6 is 11.3 Å². The van der Waals surface area contributed by atoms with Gasteiger partial charge in [-0.2, -0.15) is 0 Å². The number of thiazole rings is 1. The van der Waals surface area contributed by atoms with Crippen LogP contribution in [0.15, 0.2) is 78.9 Å². The fourth-order valence-corrected chi connectivity index (χ4v) is 4.14. The van der Waals surface area contributed by atoms with E-state index in [2.05, 4.69) is 0 Å². The minimum atomic E-state index is -0.818. The number of allylic oxidation sites excluding steroid dienone is 1. The number of fused-ring (bicyclic) bond motifs is 1. The van der Waals surface area contributed by atoms with Gasteiger partial charge < -0.3 is 9.84 Å². The molecule has 5 heteroatoms. The summed E-state index contributed by atoms with van der Waals surface area (Å²) >= 11 is 1.58. The Morgan fingerprint density at radius 1 is 0.967 bits per heavy atom. The van der Waals surface area contributed by atoms with Crippen molar-refractivity contribution in [1.82, 2.24) is 4.98 Å². The molecule has 0 radical (unpaired) electrons. The fraction of sp³-hybridized carbons (Fsp3) is 0.120. The Bertz CT molecular complexity index is 1150. The van der Waals surface area contributed by atoms with Gasteiger partial charge in [-0.3, -0.25) is 4.79 Å². The van der Waals surface area contributed by atoms with Gasteiger partial charge >= 0.3 is 5.97 Å². The van der Waals surface area contributed by atoms with Crippen LogP contribution in [0.3, 0.4) is 0 Å². The third-order valence-electron chi connectivity index (χ3n) is 4.62. The second-order valence-corrected chi connectivity index (χ2v) is 7.93. The predicted molar refractivity (Wildman–Crippen MR) is 122 cm³/mol. The number of carboxylic acid groups (broad SMARTS) is 1. The van der Waals surface area contributed by atoms with Crippen molar-refractivity contribution in [1.29, 1.82) is 0 Å². The van der Waals surface area contributed by atoms with Crippen molar-refractivity contribution in [2.24, 2.45) is 0 Å². The van der Waals surface area contributed by atoms with E-state index in [1.165, 1.54) is 0 Å². The summed E-state index contributed by atoms with van der Waals surface area (Å²) in [6, 6.07) is 25.8. The zero-order valence-electron chi connectivity index (χ0n) is 16.3. The molecule has 4 aromatic rings. The van der Waals surface area contributed by atoms with Crippen LogP contribution in [0.4, 0.5) is 0 Å². The highest BCUT2D eigenvalue weighted by Gasteiger charge is 2.11. The highest BCUT2D eigenvalue weighted by atomic mass is 32.1. The largest absolute Gasteiger partial charge is 0.489 e. The molecule has 0 unspecified atom stereocenters. The summed E-state index contributed by atoms with van der Waals surface area (Å²) in [6.07, 6.45) is 2.49. The molecular weight excluding hydrogens is 394 g/mol. The summed E-state index contributed by atoms with van der Waals surface area (Å²) in [7, 11) is 0. The average molecular weight is 416 g/mol. The van der Waals surface area contributed by atoms with E-state index in [9.17, 15) is 9.90 Å². The van der Waals surface area contributed by atoms with Crippen molar-refractivity contribution < 1.29 is 14.6 Å². The molecule has 0 aliphatic heterocycles. The summed E-state index contributed by atoms with van der Waals surface area (Å²) in [5.74, 6) is -0.0450. The van der Waals surface area contributed by atoms with E-state index in [4.69, 9.17) is 9.72 Å². The van der Waals surface area contributed by atoms with Gasteiger partial charge in [0.05, 0.1) is 10.2 Å². The molecule has 0 aliphatic rings. The van der Waals surface area contributed by atoms with Gasteiger partial charge in [0.25, 0.3) is 0 Å². The van der Waals surface area contributed by atoms with Crippen LogP contribution in [0, 0.1) is 0 Å². The van der Waals surface area contributed by atoms with E-state index < -0.39 is 5.97 Å². The van der Waals surface area contributed by atoms with Crippen LogP contribution in [-0.2, 0) is 11.4 Å². The lowest BCUT2D eigenvalue weighted by molar-refractivity contribution is -0.136. The molecule has 0 amide bonds. The first-order chi connectivity index (χ1) is 14.7. The Balaban J connectivity index is 1.59. The van der Waals surface area contributed by atoms with E-state index in [-0.39, 0.29) is 6.42 Å². The molecule has 1 aromatic heterocycles. The zero-order valence-corrected chi connectivity index (χ0v) is 17.1. The van der Waals surface area contributed by atoms with Crippen molar-refractivity contribution in [3.05, 3.63) is 95.0 Å². The SMILES string of the molecule is O=C(O)CCC(=Cc1cccc(OCc2ccccc2)c1)c1nc2ccccc2s1. The number of aliphatic carboxylic acids is 1. The number of ether oxygens (including phenoxy) is 1. The fourth-order valence-electron chi connectivity index (χ4n) is 3.13. The highest BCUT2D eigenvalue weighted by Crippen LogP contribution is 2.31. The third kappa shape index (κ3) is 5.13. The maximum atomic E-state index is 11.2. The van der Waals surface area contributed by atoms with E-state index in [0.29, 0.717) is 13.0 Å². The average Bonchev–Trinajstić information content (AvgIpc) is 3.20. The Kier molecular flexibility index (Phi) is 6.20. The van der Waals surface area contributed by atoms with Crippen LogP contribution in [0.25, 0.3) is 21.9 Å². The number of hydrogen-bond acceptors (Lipinski definition) is 4. The van der Waals surface area contributed by atoms with Crippen molar-refractivity contribution in [3.63, 3.8) is 0 Å². The van der Waals surface area contributed by atoms with Gasteiger partial charge in [0.2, 0.25) is 0 Å². The summed E-state index contributed by atoms with van der Waals surface area (Å²) in [6.45, 7) is 0.498. The molecule has 0 spiro atoms. The molecule has 1 N–H and O–H groups in total. The standard InChI is InChI=1S/C25H21NO3S/c27-24(28)14-13-20(25-26-22-11-4-5-12-23(22)30-25)15-19-9-6-10-21(16-19)29-17-18-7-2-1-3-8-18/h1-12,15-16H,13-14,17H2,(H,27,28). The van der Waals surface area contributed by atoms with Gasteiger partial charge in [-0.05, 0) is 53.5 Å². The molecule has 4 rings (SSSR count). The molecule has 0 aliphatic carbocycles. The molecule has 0 fully saturated rings. The van der Waals surface area contributed by atoms with Gasteiger partial charge in [0.15, 0.2) is 0 Å². The quantitative estimate of drug-likeness (QED) is 0.368. The minimum Gasteiger partial charge on any atom is -0.489 e. The highest BCUT2D eigenvalue weighted by molar-refractivity contribution is 7.19. The Hall–Kier alpha value is -3.44. The first kappa shape index (κ1) is 19.9. The summed E-state index contributed by atoms with van der Waals surface area (Å²) < 4.78 is 7.02. The van der Waals surface area contributed by atoms with Crippen LogP contribution in [0.5, 0.6) is 5.75 Å². The maximum Gasteiger partial charge on any atom is 0.303 e. The van der Waals surface area contributed by atoms with Gasteiger partial charge in [-0.25, -0.2) is 4.98 Å². The van der Waals surface area contributed by atoms with Gasteiger partial charge in [0, 0.05) is 6.42 Å². The number of aromatic nitrogens is 1. The predicted octanol–water partition coefficient (Wildman–Crippen LogP) is 6.28. The Morgan fingerprint density at radius 2 is 1.77 bits per heavy atom. The van der Waals surface area contributed by atoms with Gasteiger partial charge in [0.1, 0.15) is 17.4 Å². The molecule has 1 heterocycles. The number of carboxylic acids is 1. The first-order valence-electron chi connectivity index (χ1n) is 9.72. The maximum absolute atomic E-state index is 11.2. The second-order valence-electron chi connectivity index (χ2n) is 6.90. The Morgan fingerprint density at radius 3 is 2.57 bits per heavy atom. The zero-order chi connectivity index (χ0) is 20.8. The molecule has 0 saturated carbocycles. The number of carbonyl (C=O) groups is 1. The van der Waals surface area contributed by atoms with Crippen LogP contribution in [0.2, 0.25) is 0 Å². The first-order valence-corrected chi connectivity index (χ1v) is 10.5. The third-order valence-corrected chi connectivity index (χ3v) is 5.74. The summed E-state index contributed by atoms with van der Waals surface area (Å²) in [5.41, 5.74) is 3.91. The number of para-hydroxylation sites is 1. The molecule has 0 bridgehead atoms. The van der Waals surface area contributed by atoms with Gasteiger partial charge in [-0.15, -0.1) is 11.3 Å². The molecule has 4 nitrogen and oxygen atoms in total. The lowest BCUT2D eigenvalue weighted by Crippen LogP contribution is -1.96. The Labute approximate surface area is 179 Å². The molecule has 0 atom stereocenters. The van der Waals surface area contributed by atoms with Crippen molar-refractivity contribution in [2.45, 2.75) is 19.4 Å². The number of benzene rings is 3. The summed E-state index contributed by atoms with van der Waals surface area (Å²) in [4.78, 5) is 15.9. The monoisotopic (exact) mass is 415 g/mol. The molecule has 150 valence electrons. The van der Waals surface area contributed by atoms with E-state index >= 15 is 0 Å². The van der Waals surface area contributed by atoms with Gasteiger partial charge in [-0.1, -0.05) is 54.6 Å². The number of hydrogen-bond donors (Lipinski definition) is 1. The number of rotatable bonds is 8. The lowest BCUT2D eigenvalue weighted by atomic mass is 10.1. The van der Waals surface area contributed by atoms with Crippen LogP contribution < -0.4 is 4.74 Å². The van der Waals surface area contributed by atoms with E-state index in [1.54, 1.807) is 11.3 Å². The normalized spacial score (nSPS) is 11.5. The van der Waals surface area contributed by atoms with Crippen LogP contribution in [0.1, 0.15) is 29.0 Å².